The fourth-order valence-electron chi connectivity index (χ4n) is 3.30. The van der Waals surface area contributed by atoms with Gasteiger partial charge in [0.1, 0.15) is 0 Å². The number of carbonyl (C=O) groups is 1. The summed E-state index contributed by atoms with van der Waals surface area (Å²) in [5.74, 6) is 0.641. The number of rotatable bonds is 7. The molecule has 1 fully saturated rings. The number of thioether (sulfide) groups is 1. The van der Waals surface area contributed by atoms with Gasteiger partial charge in [-0.05, 0) is 44.4 Å². The van der Waals surface area contributed by atoms with E-state index in [1.165, 1.54) is 0 Å². The van der Waals surface area contributed by atoms with Crippen molar-refractivity contribution in [1.29, 1.82) is 0 Å². The highest BCUT2D eigenvalue weighted by Gasteiger charge is 2.19. The average molecular weight is 410 g/mol. The Morgan fingerprint density at radius 2 is 2.11 bits per heavy atom. The molecule has 2 aromatic rings. The van der Waals surface area contributed by atoms with Crippen LogP contribution in [0.25, 0.3) is 0 Å². The summed E-state index contributed by atoms with van der Waals surface area (Å²) in [5.41, 5.74) is 3.18. The molecule has 1 aromatic carbocycles. The summed E-state index contributed by atoms with van der Waals surface area (Å²) >= 11 is 1.92. The number of nitrogens with one attached hydrogen (secondary N) is 1. The molecule has 1 aromatic heterocycles. The third kappa shape index (κ3) is 5.32. The summed E-state index contributed by atoms with van der Waals surface area (Å²) < 4.78 is 31.9. The quantitative estimate of drug-likeness (QED) is 0.732. The van der Waals surface area contributed by atoms with Crippen LogP contribution < -0.4 is 5.32 Å². The molecule has 1 aliphatic heterocycles. The van der Waals surface area contributed by atoms with Gasteiger partial charge in [0.15, 0.2) is 0 Å². The Labute approximate surface area is 167 Å². The predicted octanol–water partition coefficient (Wildman–Crippen LogP) is 4.49. The van der Waals surface area contributed by atoms with Crippen molar-refractivity contribution in [3.8, 4) is 0 Å². The van der Waals surface area contributed by atoms with Crippen LogP contribution >= 0.6 is 11.8 Å². The second kappa shape index (κ2) is 9.52. The molecular formula is C20H25F2N3O2S. The Balaban J connectivity index is 1.58. The van der Waals surface area contributed by atoms with Gasteiger partial charge in [-0.3, -0.25) is 4.79 Å². The van der Waals surface area contributed by atoms with Crippen LogP contribution in [0.4, 0.5) is 14.5 Å². The molecule has 1 saturated heterocycles. The largest absolute Gasteiger partial charge is 0.381 e. The molecule has 28 heavy (non-hydrogen) atoms. The first-order chi connectivity index (χ1) is 13.4. The standard InChI is InChI=1S/C20H25F2N3O2S/c1-13-18(14(2)25(24-13)20(21)22)11-19(26)23-16-5-3-4-15(10-16)12-28-17-6-8-27-9-7-17/h3-5,10,17,20H,6-9,11-12H2,1-2H3,(H,23,26). The summed E-state index contributed by atoms with van der Waals surface area (Å²) in [7, 11) is 0. The Hall–Kier alpha value is -1.93. The summed E-state index contributed by atoms with van der Waals surface area (Å²) in [4.78, 5) is 12.4. The highest BCUT2D eigenvalue weighted by Crippen LogP contribution is 2.26. The number of benzene rings is 1. The highest BCUT2D eigenvalue weighted by atomic mass is 32.2. The van der Waals surface area contributed by atoms with Crippen LogP contribution in [0.1, 0.15) is 41.9 Å². The summed E-state index contributed by atoms with van der Waals surface area (Å²) in [6.07, 6.45) is 2.17. The average Bonchev–Trinajstić information content (AvgIpc) is 2.96. The van der Waals surface area contributed by atoms with E-state index in [4.69, 9.17) is 4.74 Å². The molecule has 2 heterocycles. The Kier molecular flexibility index (Phi) is 7.07. The van der Waals surface area contributed by atoms with Crippen LogP contribution in [0.5, 0.6) is 0 Å². The van der Waals surface area contributed by atoms with Crippen molar-refractivity contribution in [2.24, 2.45) is 0 Å². The number of amides is 1. The van der Waals surface area contributed by atoms with Crippen LogP contribution in [-0.4, -0.2) is 34.2 Å². The SMILES string of the molecule is Cc1nn(C(F)F)c(C)c1CC(=O)Nc1cccc(CSC2CCOCC2)c1. The monoisotopic (exact) mass is 409 g/mol. The molecule has 8 heteroatoms. The minimum absolute atomic E-state index is 0.0193. The molecule has 0 radical (unpaired) electrons. The predicted molar refractivity (Wildman–Crippen MR) is 107 cm³/mol. The topological polar surface area (TPSA) is 56.2 Å². The van der Waals surface area contributed by atoms with E-state index >= 15 is 0 Å². The molecule has 1 N–H and O–H groups in total. The van der Waals surface area contributed by atoms with E-state index in [2.05, 4.69) is 10.4 Å². The minimum Gasteiger partial charge on any atom is -0.381 e. The molecule has 0 bridgehead atoms. The normalized spacial score (nSPS) is 15.2. The van der Waals surface area contributed by atoms with E-state index in [1.54, 1.807) is 13.8 Å². The third-order valence-electron chi connectivity index (χ3n) is 4.86. The Morgan fingerprint density at radius 3 is 2.79 bits per heavy atom. The van der Waals surface area contributed by atoms with Gasteiger partial charge in [0.05, 0.1) is 12.1 Å². The van der Waals surface area contributed by atoms with Gasteiger partial charge in [-0.25, -0.2) is 4.68 Å². The van der Waals surface area contributed by atoms with Gasteiger partial charge >= 0.3 is 6.55 Å². The zero-order chi connectivity index (χ0) is 20.1. The number of anilines is 1. The highest BCUT2D eigenvalue weighted by molar-refractivity contribution is 7.99. The maximum Gasteiger partial charge on any atom is 0.333 e. The molecule has 1 amide bonds. The van der Waals surface area contributed by atoms with E-state index in [0.717, 1.165) is 37.4 Å². The number of hydrogen-bond acceptors (Lipinski definition) is 4. The van der Waals surface area contributed by atoms with Crippen LogP contribution in [0.2, 0.25) is 0 Å². The number of alkyl halides is 2. The molecule has 3 rings (SSSR count). The van der Waals surface area contributed by atoms with E-state index in [1.807, 2.05) is 36.0 Å². The molecule has 0 saturated carbocycles. The molecule has 1 aliphatic rings. The second-order valence-corrected chi connectivity index (χ2v) is 8.21. The van der Waals surface area contributed by atoms with Crippen LogP contribution in [0.3, 0.4) is 0 Å². The van der Waals surface area contributed by atoms with E-state index in [9.17, 15) is 13.6 Å². The van der Waals surface area contributed by atoms with Crippen LogP contribution in [-0.2, 0) is 21.7 Å². The van der Waals surface area contributed by atoms with Crippen molar-refractivity contribution < 1.29 is 18.3 Å². The zero-order valence-corrected chi connectivity index (χ0v) is 16.9. The number of halogens is 2. The number of carbonyl (C=O) groups excluding carboxylic acids is 1. The Bertz CT molecular complexity index is 820. The van der Waals surface area contributed by atoms with Crippen molar-refractivity contribution >= 4 is 23.4 Å². The van der Waals surface area contributed by atoms with Gasteiger partial charge in [0.2, 0.25) is 5.91 Å². The van der Waals surface area contributed by atoms with Crippen molar-refractivity contribution in [2.45, 2.75) is 50.7 Å². The first-order valence-corrected chi connectivity index (χ1v) is 10.4. The molecule has 5 nitrogen and oxygen atoms in total. The van der Waals surface area contributed by atoms with Crippen molar-refractivity contribution in [3.05, 3.63) is 46.8 Å². The molecule has 0 unspecified atom stereocenters. The number of aryl methyl sites for hydroxylation is 1. The van der Waals surface area contributed by atoms with Crippen LogP contribution in [0.15, 0.2) is 24.3 Å². The van der Waals surface area contributed by atoms with Crippen LogP contribution in [0, 0.1) is 13.8 Å². The molecule has 152 valence electrons. The summed E-state index contributed by atoms with van der Waals surface area (Å²) in [6, 6.07) is 7.76. The summed E-state index contributed by atoms with van der Waals surface area (Å²) in [5, 5.41) is 7.31. The first kappa shape index (κ1) is 20.8. The lowest BCUT2D eigenvalue weighted by molar-refractivity contribution is -0.115. The fraction of sp³-hybridized carbons (Fsp3) is 0.500. The van der Waals surface area contributed by atoms with Gasteiger partial charge in [-0.15, -0.1) is 0 Å². The number of ether oxygens (including phenoxy) is 1. The van der Waals surface area contributed by atoms with Gasteiger partial charge < -0.3 is 10.1 Å². The van der Waals surface area contributed by atoms with Crippen molar-refractivity contribution in [3.63, 3.8) is 0 Å². The zero-order valence-electron chi connectivity index (χ0n) is 16.1. The first-order valence-electron chi connectivity index (χ1n) is 9.35. The maximum absolute atomic E-state index is 12.9. The minimum atomic E-state index is -2.71. The smallest absolute Gasteiger partial charge is 0.333 e. The third-order valence-corrected chi connectivity index (χ3v) is 6.30. The number of hydrogen-bond donors (Lipinski definition) is 1. The molecule has 0 atom stereocenters. The molecular weight excluding hydrogens is 384 g/mol. The lowest BCUT2D eigenvalue weighted by Gasteiger charge is -2.21. The van der Waals surface area contributed by atoms with Crippen molar-refractivity contribution in [2.75, 3.05) is 18.5 Å². The van der Waals surface area contributed by atoms with E-state index in [-0.39, 0.29) is 12.3 Å². The Morgan fingerprint density at radius 1 is 1.36 bits per heavy atom. The fourth-order valence-corrected chi connectivity index (χ4v) is 4.44. The van der Waals surface area contributed by atoms with Gasteiger partial charge in [-0.1, -0.05) is 12.1 Å². The van der Waals surface area contributed by atoms with E-state index in [0.29, 0.717) is 32.6 Å². The molecule has 0 spiro atoms. The van der Waals surface area contributed by atoms with Crippen molar-refractivity contribution in [1.82, 2.24) is 9.78 Å². The lowest BCUT2D eigenvalue weighted by atomic mass is 10.1. The number of nitrogens with zero attached hydrogens (tertiary/aromatic N) is 2. The lowest BCUT2D eigenvalue weighted by Crippen LogP contribution is -2.17. The van der Waals surface area contributed by atoms with Gasteiger partial charge in [0, 0.05) is 41.2 Å². The summed E-state index contributed by atoms with van der Waals surface area (Å²) in [6.45, 7) is 2.15. The molecule has 0 aliphatic carbocycles. The van der Waals surface area contributed by atoms with Gasteiger partial charge in [0.25, 0.3) is 0 Å². The number of aromatic nitrogens is 2. The van der Waals surface area contributed by atoms with Gasteiger partial charge in [-0.2, -0.15) is 25.6 Å². The second-order valence-electron chi connectivity index (χ2n) is 6.92. The van der Waals surface area contributed by atoms with E-state index < -0.39 is 6.55 Å². The maximum atomic E-state index is 12.9.